The van der Waals surface area contributed by atoms with Gasteiger partial charge in [-0.1, -0.05) is 25.1 Å². The molecule has 1 unspecified atom stereocenters. The fourth-order valence-corrected chi connectivity index (χ4v) is 2.05. The van der Waals surface area contributed by atoms with Crippen molar-refractivity contribution >= 4 is 17.2 Å². The highest BCUT2D eigenvalue weighted by molar-refractivity contribution is 6.29. The van der Waals surface area contributed by atoms with Gasteiger partial charge in [-0.25, -0.2) is 0 Å². The van der Waals surface area contributed by atoms with Crippen LogP contribution in [0.25, 0.3) is 0 Å². The smallest absolute Gasteiger partial charge is 0.167 e. The van der Waals surface area contributed by atoms with Crippen LogP contribution < -0.4 is 0 Å². The van der Waals surface area contributed by atoms with Gasteiger partial charge >= 0.3 is 0 Å². The molecule has 0 saturated heterocycles. The first-order valence-electron chi connectivity index (χ1n) is 6.17. The summed E-state index contributed by atoms with van der Waals surface area (Å²) in [5.41, 5.74) is 3.03. The minimum Gasteiger partial charge on any atom is -0.511 e. The van der Waals surface area contributed by atoms with Crippen molar-refractivity contribution in [1.29, 1.82) is 0 Å². The number of carbonyl (C=O) groups excluding carboxylic acids is 1. The maximum atomic E-state index is 11.7. The lowest BCUT2D eigenvalue weighted by atomic mass is 9.79. The molecule has 2 rings (SSSR count). The zero-order valence-corrected chi connectivity index (χ0v) is 10.9. The van der Waals surface area contributed by atoms with Crippen molar-refractivity contribution in [2.75, 3.05) is 0 Å². The summed E-state index contributed by atoms with van der Waals surface area (Å²) in [5, 5.41) is 9.77. The number of aliphatic imine (C=N–C) groups is 1. The molecule has 1 N–H and O–H groups in total. The van der Waals surface area contributed by atoms with Crippen LogP contribution in [0.2, 0.25) is 0 Å². The Kier molecular flexibility index (Phi) is 3.32. The number of aliphatic hydroxyl groups excluding tert-OH is 1. The van der Waals surface area contributed by atoms with E-state index in [1.807, 2.05) is 38.1 Å². The minimum absolute atomic E-state index is 0.0436. The van der Waals surface area contributed by atoms with Crippen molar-refractivity contribution in [3.8, 4) is 0 Å². The van der Waals surface area contributed by atoms with E-state index in [1.54, 1.807) is 6.92 Å². The summed E-state index contributed by atoms with van der Waals surface area (Å²) >= 11 is 0. The molecule has 0 aromatic heterocycles. The number of nitrogens with zero attached hydrogens (tertiary/aromatic N) is 1. The maximum Gasteiger partial charge on any atom is 0.167 e. The number of rotatable bonds is 3. The first kappa shape index (κ1) is 12.6. The third-order valence-corrected chi connectivity index (χ3v) is 3.29. The molecule has 3 nitrogen and oxygen atoms in total. The van der Waals surface area contributed by atoms with Gasteiger partial charge in [0.2, 0.25) is 0 Å². The van der Waals surface area contributed by atoms with E-state index in [0.717, 1.165) is 11.3 Å². The van der Waals surface area contributed by atoms with E-state index in [2.05, 4.69) is 4.99 Å². The molecule has 1 aromatic rings. The lowest BCUT2D eigenvalue weighted by Crippen LogP contribution is -2.33. The second-order valence-corrected chi connectivity index (χ2v) is 4.54. The standard InChI is InChI=1S/C15H17NO2/c1-4-12(17)13-14(10(3)15(13)18)16-11-8-6-5-7-9(11)2/h5-8,10,18H,4H2,1-3H3. The van der Waals surface area contributed by atoms with Crippen LogP contribution in [0.15, 0.2) is 40.6 Å². The molecule has 0 saturated carbocycles. The van der Waals surface area contributed by atoms with Gasteiger partial charge in [0.15, 0.2) is 5.78 Å². The van der Waals surface area contributed by atoms with E-state index in [9.17, 15) is 9.90 Å². The average Bonchev–Trinajstić information content (AvgIpc) is 2.39. The number of ketones is 1. The molecule has 94 valence electrons. The molecule has 0 heterocycles. The zero-order valence-electron chi connectivity index (χ0n) is 10.9. The van der Waals surface area contributed by atoms with Crippen molar-refractivity contribution in [2.45, 2.75) is 27.2 Å². The van der Waals surface area contributed by atoms with Gasteiger partial charge in [0.25, 0.3) is 0 Å². The SMILES string of the molecule is CCC(=O)C1=C(O)C(C)C1=Nc1ccccc1C. The molecular formula is C15H17NO2. The Hall–Kier alpha value is -1.90. The molecule has 0 spiro atoms. The van der Waals surface area contributed by atoms with Crippen LogP contribution in [0.5, 0.6) is 0 Å². The quantitative estimate of drug-likeness (QED) is 0.883. The molecule has 1 aliphatic rings. The molecule has 0 amide bonds. The minimum atomic E-state index is -0.143. The Morgan fingerprint density at radius 2 is 2.06 bits per heavy atom. The van der Waals surface area contributed by atoms with Crippen molar-refractivity contribution in [1.82, 2.24) is 0 Å². The predicted molar refractivity (Wildman–Crippen MR) is 72.4 cm³/mol. The summed E-state index contributed by atoms with van der Waals surface area (Å²) in [6.07, 6.45) is 0.388. The average molecular weight is 243 g/mol. The monoisotopic (exact) mass is 243 g/mol. The van der Waals surface area contributed by atoms with Gasteiger partial charge < -0.3 is 5.11 Å². The lowest BCUT2D eigenvalue weighted by molar-refractivity contribution is -0.115. The van der Waals surface area contributed by atoms with Crippen LogP contribution in [0.4, 0.5) is 5.69 Å². The number of hydrogen-bond donors (Lipinski definition) is 1. The second-order valence-electron chi connectivity index (χ2n) is 4.54. The summed E-state index contributed by atoms with van der Waals surface area (Å²) in [6, 6.07) is 7.77. The van der Waals surface area contributed by atoms with E-state index in [-0.39, 0.29) is 17.5 Å². The fraction of sp³-hybridized carbons (Fsp3) is 0.333. The van der Waals surface area contributed by atoms with Crippen LogP contribution in [0.3, 0.4) is 0 Å². The van der Waals surface area contributed by atoms with Crippen LogP contribution in [-0.4, -0.2) is 16.6 Å². The number of benzene rings is 1. The molecule has 1 atom stereocenters. The number of carbonyl (C=O) groups is 1. The molecule has 0 fully saturated rings. The van der Waals surface area contributed by atoms with Crippen molar-refractivity contribution in [3.63, 3.8) is 0 Å². The Morgan fingerprint density at radius 3 is 2.67 bits per heavy atom. The van der Waals surface area contributed by atoms with Crippen LogP contribution in [0, 0.1) is 12.8 Å². The van der Waals surface area contributed by atoms with E-state index < -0.39 is 0 Å². The Bertz CT molecular complexity index is 555. The van der Waals surface area contributed by atoms with Gasteiger partial charge in [-0.2, -0.15) is 0 Å². The second kappa shape index (κ2) is 4.77. The summed E-state index contributed by atoms with van der Waals surface area (Å²) in [6.45, 7) is 5.63. The Morgan fingerprint density at radius 1 is 1.39 bits per heavy atom. The van der Waals surface area contributed by atoms with Gasteiger partial charge in [-0.05, 0) is 25.5 Å². The normalized spacial score (nSPS) is 21.1. The number of hydrogen-bond acceptors (Lipinski definition) is 3. The zero-order chi connectivity index (χ0) is 13.3. The topological polar surface area (TPSA) is 49.7 Å². The highest BCUT2D eigenvalue weighted by Crippen LogP contribution is 2.33. The molecular weight excluding hydrogens is 226 g/mol. The lowest BCUT2D eigenvalue weighted by Gasteiger charge is -2.27. The fourth-order valence-electron chi connectivity index (χ4n) is 2.05. The number of aliphatic hydroxyl groups is 1. The molecule has 1 aromatic carbocycles. The van der Waals surface area contributed by atoms with Gasteiger partial charge in [0.1, 0.15) is 5.76 Å². The van der Waals surface area contributed by atoms with E-state index in [4.69, 9.17) is 0 Å². The Labute approximate surface area is 107 Å². The first-order valence-corrected chi connectivity index (χ1v) is 6.17. The number of Topliss-reactive ketones (excluding diaryl/α,β-unsaturated/α-hetero) is 1. The predicted octanol–water partition coefficient (Wildman–Crippen LogP) is 3.51. The maximum absolute atomic E-state index is 11.7. The van der Waals surface area contributed by atoms with Gasteiger partial charge in [-0.15, -0.1) is 0 Å². The molecule has 18 heavy (non-hydrogen) atoms. The van der Waals surface area contributed by atoms with Crippen LogP contribution in [0.1, 0.15) is 25.8 Å². The molecule has 1 aliphatic carbocycles. The van der Waals surface area contributed by atoms with Gasteiger partial charge in [0.05, 0.1) is 22.9 Å². The summed E-state index contributed by atoms with van der Waals surface area (Å²) in [5.74, 6) is -0.0118. The van der Waals surface area contributed by atoms with Gasteiger partial charge in [-0.3, -0.25) is 9.79 Å². The first-order chi connectivity index (χ1) is 8.56. The summed E-state index contributed by atoms with van der Waals surface area (Å²) in [7, 11) is 0. The van der Waals surface area contributed by atoms with E-state index in [0.29, 0.717) is 17.7 Å². The summed E-state index contributed by atoms with van der Waals surface area (Å²) in [4.78, 5) is 16.3. The largest absolute Gasteiger partial charge is 0.511 e. The third kappa shape index (κ3) is 1.96. The van der Waals surface area contributed by atoms with E-state index in [1.165, 1.54) is 0 Å². The number of para-hydroxylation sites is 1. The molecule has 0 radical (unpaired) electrons. The Balaban J connectivity index is 2.41. The van der Waals surface area contributed by atoms with Gasteiger partial charge in [0, 0.05) is 6.42 Å². The number of aryl methyl sites for hydroxylation is 1. The highest BCUT2D eigenvalue weighted by Gasteiger charge is 2.37. The van der Waals surface area contributed by atoms with Crippen molar-refractivity contribution in [3.05, 3.63) is 41.2 Å². The molecule has 0 bridgehead atoms. The number of allylic oxidation sites excluding steroid dienone is 2. The van der Waals surface area contributed by atoms with Crippen molar-refractivity contribution in [2.24, 2.45) is 10.9 Å². The third-order valence-electron chi connectivity index (χ3n) is 3.29. The molecule has 3 heteroatoms. The molecule has 0 aliphatic heterocycles. The van der Waals surface area contributed by atoms with Crippen molar-refractivity contribution < 1.29 is 9.90 Å². The van der Waals surface area contributed by atoms with Crippen LogP contribution in [-0.2, 0) is 4.79 Å². The highest BCUT2D eigenvalue weighted by atomic mass is 16.3. The van der Waals surface area contributed by atoms with Crippen LogP contribution >= 0.6 is 0 Å². The van der Waals surface area contributed by atoms with E-state index >= 15 is 0 Å². The summed E-state index contributed by atoms with van der Waals surface area (Å²) < 4.78 is 0.